The molecule has 1 unspecified atom stereocenters. The van der Waals surface area contributed by atoms with E-state index in [-0.39, 0.29) is 12.1 Å². The predicted molar refractivity (Wildman–Crippen MR) is 96.8 cm³/mol. The number of nitrogens with two attached hydrogens (primary N) is 1. The molecule has 1 fully saturated rings. The summed E-state index contributed by atoms with van der Waals surface area (Å²) in [5, 5.41) is 24.9. The molecule has 142 valence electrons. The van der Waals surface area contributed by atoms with Gasteiger partial charge in [-0.05, 0) is 12.7 Å². The molecule has 3 heterocycles. The summed E-state index contributed by atoms with van der Waals surface area (Å²) in [6.45, 7) is 1.69. The van der Waals surface area contributed by atoms with Gasteiger partial charge in [0.25, 0.3) is 0 Å². The Balaban J connectivity index is 0.000000352. The maximum Gasteiger partial charge on any atom is 0.414 e. The van der Waals surface area contributed by atoms with Gasteiger partial charge >= 0.3 is 11.9 Å². The maximum absolute atomic E-state index is 10.1. The third kappa shape index (κ3) is 4.62. The zero-order valence-corrected chi connectivity index (χ0v) is 14.9. The average Bonchev–Trinajstić information content (AvgIpc) is 3.15. The molecule has 10 nitrogen and oxygen atoms in total. The van der Waals surface area contributed by atoms with Crippen LogP contribution >= 0.6 is 11.8 Å². The van der Waals surface area contributed by atoms with Crippen LogP contribution in [0.2, 0.25) is 0 Å². The topological polar surface area (TPSA) is 166 Å². The van der Waals surface area contributed by atoms with Crippen molar-refractivity contribution >= 4 is 40.6 Å². The van der Waals surface area contributed by atoms with E-state index in [2.05, 4.69) is 26.1 Å². The molecule has 0 amide bonds. The fourth-order valence-corrected chi connectivity index (χ4v) is 3.61. The predicted octanol–water partition coefficient (Wildman–Crippen LogP) is -0.00610. The molecular formula is C15H21N5O5S. The molecule has 0 bridgehead atoms. The van der Waals surface area contributed by atoms with Gasteiger partial charge in [-0.2, -0.15) is 11.8 Å². The summed E-state index contributed by atoms with van der Waals surface area (Å²) in [5.74, 6) is -2.23. The minimum atomic E-state index is -1.82. The van der Waals surface area contributed by atoms with Gasteiger partial charge in [0.2, 0.25) is 0 Å². The van der Waals surface area contributed by atoms with Crippen LogP contribution in [0, 0.1) is 0 Å². The van der Waals surface area contributed by atoms with Crippen LogP contribution in [0.3, 0.4) is 0 Å². The van der Waals surface area contributed by atoms with Crippen molar-refractivity contribution in [3.63, 3.8) is 0 Å². The number of hydrogen-bond donors (Lipinski definition) is 5. The van der Waals surface area contributed by atoms with Crippen molar-refractivity contribution in [2.45, 2.75) is 25.1 Å². The number of hydrogen-bond acceptors (Lipinski definition) is 8. The van der Waals surface area contributed by atoms with Crippen LogP contribution in [-0.4, -0.2) is 77.8 Å². The van der Waals surface area contributed by atoms with Crippen LogP contribution in [0.15, 0.2) is 12.5 Å². The highest BCUT2D eigenvalue weighted by molar-refractivity contribution is 7.98. The van der Waals surface area contributed by atoms with E-state index in [4.69, 9.17) is 25.5 Å². The van der Waals surface area contributed by atoms with E-state index < -0.39 is 11.9 Å². The molecule has 2 atom stereocenters. The number of aromatic nitrogens is 3. The second kappa shape index (κ2) is 8.83. The third-order valence-corrected chi connectivity index (χ3v) is 4.77. The van der Waals surface area contributed by atoms with Crippen molar-refractivity contribution in [3.8, 4) is 0 Å². The summed E-state index contributed by atoms with van der Waals surface area (Å²) in [5.41, 5.74) is 8.61. The summed E-state index contributed by atoms with van der Waals surface area (Å²) in [4.78, 5) is 32.0. The summed E-state index contributed by atoms with van der Waals surface area (Å²) < 4.78 is 0. The number of aliphatic carboxylic acids is 2. The first-order valence-electron chi connectivity index (χ1n) is 7.78. The second-order valence-corrected chi connectivity index (χ2v) is 6.67. The summed E-state index contributed by atoms with van der Waals surface area (Å²) in [6, 6.07) is 0.217. The molecule has 0 aliphatic carbocycles. The number of carboxylic acid groups (broad SMARTS) is 2. The van der Waals surface area contributed by atoms with Gasteiger partial charge in [0.15, 0.2) is 5.82 Å². The van der Waals surface area contributed by atoms with Crippen LogP contribution in [0.5, 0.6) is 0 Å². The van der Waals surface area contributed by atoms with Crippen molar-refractivity contribution in [1.82, 2.24) is 19.9 Å². The van der Waals surface area contributed by atoms with Crippen molar-refractivity contribution < 1.29 is 24.9 Å². The number of aliphatic hydroxyl groups is 1. The van der Waals surface area contributed by atoms with E-state index in [1.165, 1.54) is 6.33 Å². The number of nitrogen functional groups attached to an aromatic ring is 1. The Hall–Kier alpha value is -2.37. The van der Waals surface area contributed by atoms with Gasteiger partial charge < -0.3 is 26.0 Å². The average molecular weight is 383 g/mol. The number of likely N-dealkylation sites (tertiary alicyclic amines) is 1. The molecule has 2 aromatic heterocycles. The number of carbonyl (C=O) groups is 2. The minimum absolute atomic E-state index is 0.217. The number of nitrogens with zero attached hydrogens (tertiary/aromatic N) is 3. The lowest BCUT2D eigenvalue weighted by molar-refractivity contribution is -0.159. The molecule has 26 heavy (non-hydrogen) atoms. The number of nitrogens with one attached hydrogen (secondary N) is 1. The third-order valence-electron chi connectivity index (χ3n) is 4.09. The largest absolute Gasteiger partial charge is 0.473 e. The highest BCUT2D eigenvalue weighted by atomic mass is 32.2. The highest BCUT2D eigenvalue weighted by Crippen LogP contribution is 2.26. The first-order valence-corrected chi connectivity index (χ1v) is 9.18. The Labute approximate surface area is 153 Å². The van der Waals surface area contributed by atoms with Crippen LogP contribution in [-0.2, 0) is 16.1 Å². The number of H-pyrrole nitrogens is 1. The standard InChI is InChI=1S/C13H19N5OS.C2H2O4/c1-20-6-9-10(19)2-3-18(9)5-8-4-15-12-11(8)16-7-17-13(12)14;3-1(4)2(5)6/h4,7,9-10,15,19H,2-3,5-6H2,1H3,(H2,14,16,17);(H,3,4)(H,5,6)/t9?,10-;/m1./s1. The Kier molecular flexibility index (Phi) is 6.77. The quantitative estimate of drug-likeness (QED) is 0.453. The zero-order chi connectivity index (χ0) is 19.3. The fraction of sp³-hybridized carbons (Fsp3) is 0.467. The smallest absolute Gasteiger partial charge is 0.414 e. The monoisotopic (exact) mass is 383 g/mol. The SMILES string of the molecule is CSCC1[C@H](O)CCN1Cc1c[nH]c2c(N)ncnc12.O=C(O)C(=O)O. The Morgan fingerprint density at radius 2 is 2.08 bits per heavy atom. The molecule has 2 aromatic rings. The summed E-state index contributed by atoms with van der Waals surface area (Å²) in [7, 11) is 0. The van der Waals surface area contributed by atoms with Crippen LogP contribution in [0.25, 0.3) is 11.0 Å². The lowest BCUT2D eigenvalue weighted by atomic mass is 10.2. The Morgan fingerprint density at radius 3 is 2.69 bits per heavy atom. The van der Waals surface area contributed by atoms with Gasteiger partial charge in [-0.3, -0.25) is 4.90 Å². The number of aromatic amines is 1. The molecule has 0 spiro atoms. The molecule has 0 radical (unpaired) electrons. The van der Waals surface area contributed by atoms with Crippen molar-refractivity contribution in [2.75, 3.05) is 24.3 Å². The first-order chi connectivity index (χ1) is 12.3. The molecule has 1 aliphatic rings. The molecule has 1 aliphatic heterocycles. The molecule has 6 N–H and O–H groups in total. The van der Waals surface area contributed by atoms with E-state index in [0.717, 1.165) is 41.9 Å². The maximum atomic E-state index is 10.1. The van der Waals surface area contributed by atoms with Gasteiger partial charge in [0, 0.05) is 36.6 Å². The van der Waals surface area contributed by atoms with Crippen molar-refractivity contribution in [2.24, 2.45) is 0 Å². The first kappa shape index (κ1) is 19.9. The lowest BCUT2D eigenvalue weighted by Gasteiger charge is -2.25. The summed E-state index contributed by atoms with van der Waals surface area (Å²) in [6.07, 6.45) is 6.12. The lowest BCUT2D eigenvalue weighted by Crippen LogP contribution is -2.36. The molecule has 1 saturated heterocycles. The van der Waals surface area contributed by atoms with E-state index >= 15 is 0 Å². The molecule has 0 saturated carbocycles. The number of aliphatic hydroxyl groups excluding tert-OH is 1. The normalized spacial score (nSPS) is 19.9. The number of rotatable bonds is 4. The highest BCUT2D eigenvalue weighted by Gasteiger charge is 2.32. The van der Waals surface area contributed by atoms with Gasteiger partial charge in [0.05, 0.1) is 11.6 Å². The minimum Gasteiger partial charge on any atom is -0.473 e. The van der Waals surface area contributed by atoms with Gasteiger partial charge in [-0.25, -0.2) is 19.6 Å². The van der Waals surface area contributed by atoms with Crippen LogP contribution in [0.4, 0.5) is 5.82 Å². The van der Waals surface area contributed by atoms with Crippen molar-refractivity contribution in [1.29, 1.82) is 0 Å². The van der Waals surface area contributed by atoms with Gasteiger partial charge in [-0.1, -0.05) is 0 Å². The number of fused-ring (bicyclic) bond motifs is 1. The number of thioether (sulfide) groups is 1. The molecule has 0 aromatic carbocycles. The van der Waals surface area contributed by atoms with Gasteiger partial charge in [0.1, 0.15) is 11.8 Å². The number of carboxylic acids is 2. The fourth-order valence-electron chi connectivity index (χ4n) is 2.84. The van der Waals surface area contributed by atoms with E-state index in [0.29, 0.717) is 5.82 Å². The van der Waals surface area contributed by atoms with Crippen molar-refractivity contribution in [3.05, 3.63) is 18.1 Å². The van der Waals surface area contributed by atoms with Gasteiger partial charge in [-0.15, -0.1) is 0 Å². The van der Waals surface area contributed by atoms with Crippen LogP contribution < -0.4 is 5.73 Å². The zero-order valence-electron chi connectivity index (χ0n) is 14.1. The molecule has 3 rings (SSSR count). The molecular weight excluding hydrogens is 362 g/mol. The van der Waals surface area contributed by atoms with Crippen LogP contribution in [0.1, 0.15) is 12.0 Å². The molecule has 11 heteroatoms. The summed E-state index contributed by atoms with van der Waals surface area (Å²) >= 11 is 1.77. The van der Waals surface area contributed by atoms with E-state index in [1.807, 2.05) is 6.20 Å². The number of anilines is 1. The second-order valence-electron chi connectivity index (χ2n) is 5.76. The Bertz CT molecular complexity index is 771. The van der Waals surface area contributed by atoms with E-state index in [9.17, 15) is 5.11 Å². The van der Waals surface area contributed by atoms with E-state index in [1.54, 1.807) is 11.8 Å². The Morgan fingerprint density at radius 1 is 1.38 bits per heavy atom.